The molecule has 0 saturated heterocycles. The molecule has 0 aromatic carbocycles. The first-order valence-corrected chi connectivity index (χ1v) is 2.52. The van der Waals surface area contributed by atoms with Crippen molar-refractivity contribution in [3.05, 3.63) is 0 Å². The molecule has 0 spiro atoms. The van der Waals surface area contributed by atoms with Crippen molar-refractivity contribution in [3.8, 4) is 0 Å². The molecular formula is CH7CaNO5S. The monoisotopic (exact) mass is 185 g/mol. The van der Waals surface area contributed by atoms with E-state index in [1.807, 2.05) is 0 Å². The summed E-state index contributed by atoms with van der Waals surface area (Å²) in [6, 6.07) is 0. The second kappa shape index (κ2) is 6.72. The van der Waals surface area contributed by atoms with Gasteiger partial charge in [-0.05, 0) is 0 Å². The first-order chi connectivity index (χ1) is 3.06. The van der Waals surface area contributed by atoms with Crippen molar-refractivity contribution in [2.24, 2.45) is 0 Å². The molecule has 0 heterocycles. The summed E-state index contributed by atoms with van der Waals surface area (Å²) in [6.45, 7) is -0.380. The minimum absolute atomic E-state index is 0. The standard InChI is InChI=1S/CH2O5S.Ca.H3N.2H/c2-1-6-7(3,4)5;;;;/h1H,(H,3,4,5);;1H3;;/q;+2;;2*-1. The summed E-state index contributed by atoms with van der Waals surface area (Å²) in [4.78, 5) is 9.06. The van der Waals surface area contributed by atoms with Crippen LogP contribution < -0.4 is 6.15 Å². The second-order valence-electron chi connectivity index (χ2n) is 0.620. The summed E-state index contributed by atoms with van der Waals surface area (Å²) in [5.41, 5.74) is 0. The summed E-state index contributed by atoms with van der Waals surface area (Å²) in [5, 5.41) is 0. The van der Waals surface area contributed by atoms with Gasteiger partial charge in [0.15, 0.2) is 0 Å². The van der Waals surface area contributed by atoms with Crippen LogP contribution >= 0.6 is 0 Å². The summed E-state index contributed by atoms with van der Waals surface area (Å²) < 4.78 is 29.3. The zero-order chi connectivity index (χ0) is 5.91. The van der Waals surface area contributed by atoms with Crippen molar-refractivity contribution in [1.29, 1.82) is 0 Å². The maximum atomic E-state index is 9.33. The van der Waals surface area contributed by atoms with Gasteiger partial charge >= 0.3 is 54.6 Å². The molecule has 0 unspecified atom stereocenters. The molecule has 0 radical (unpaired) electrons. The minimum Gasteiger partial charge on any atom is -1.00 e. The first kappa shape index (κ1) is 16.3. The summed E-state index contributed by atoms with van der Waals surface area (Å²) in [6.07, 6.45) is 0. The van der Waals surface area contributed by atoms with Gasteiger partial charge in [0.25, 0.3) is 0 Å². The molecule has 0 aliphatic carbocycles. The third-order valence-corrected chi connectivity index (χ3v) is 0.483. The number of carbonyl (C=O) groups is 1. The van der Waals surface area contributed by atoms with Crippen LogP contribution in [0.4, 0.5) is 0 Å². The van der Waals surface area contributed by atoms with Crippen molar-refractivity contribution >= 4 is 54.6 Å². The zero-order valence-corrected chi connectivity index (χ0v) is 7.50. The molecule has 0 aliphatic rings. The fourth-order valence-electron chi connectivity index (χ4n) is 0.0496. The van der Waals surface area contributed by atoms with Gasteiger partial charge in [0.2, 0.25) is 0 Å². The Morgan fingerprint density at radius 1 is 1.56 bits per heavy atom. The van der Waals surface area contributed by atoms with Crippen LogP contribution in [0.25, 0.3) is 0 Å². The van der Waals surface area contributed by atoms with Crippen molar-refractivity contribution in [1.82, 2.24) is 6.15 Å². The van der Waals surface area contributed by atoms with Gasteiger partial charge in [-0.25, -0.2) is 0 Å². The molecule has 0 fully saturated rings. The zero-order valence-electron chi connectivity index (χ0n) is 6.48. The molecular weight excluding hydrogens is 178 g/mol. The van der Waals surface area contributed by atoms with E-state index in [4.69, 9.17) is 9.35 Å². The Bertz CT molecular complexity index is 158. The Morgan fingerprint density at radius 2 is 1.89 bits per heavy atom. The van der Waals surface area contributed by atoms with Gasteiger partial charge < -0.3 is 13.2 Å². The Morgan fingerprint density at radius 3 is 1.89 bits per heavy atom. The van der Waals surface area contributed by atoms with Gasteiger partial charge in [-0.2, -0.15) is 8.42 Å². The van der Waals surface area contributed by atoms with E-state index in [9.17, 15) is 8.42 Å². The van der Waals surface area contributed by atoms with Gasteiger partial charge in [-0.1, -0.05) is 0 Å². The van der Waals surface area contributed by atoms with Gasteiger partial charge in [0.05, 0.1) is 0 Å². The molecule has 8 heteroatoms. The van der Waals surface area contributed by atoms with Crippen LogP contribution in [0.1, 0.15) is 2.85 Å². The van der Waals surface area contributed by atoms with Crippen molar-refractivity contribution < 1.29 is 24.8 Å². The van der Waals surface area contributed by atoms with E-state index < -0.39 is 10.4 Å². The van der Waals surface area contributed by atoms with E-state index in [1.54, 1.807) is 0 Å². The van der Waals surface area contributed by atoms with E-state index in [-0.39, 0.29) is 53.2 Å². The van der Waals surface area contributed by atoms with Gasteiger partial charge in [-0.3, -0.25) is 9.35 Å². The van der Waals surface area contributed by atoms with Crippen LogP contribution in [-0.2, 0) is 19.4 Å². The topological polar surface area (TPSA) is 116 Å². The number of rotatable bonds is 2. The van der Waals surface area contributed by atoms with Crippen LogP contribution in [0.15, 0.2) is 0 Å². The number of hydrogen-bond acceptors (Lipinski definition) is 5. The van der Waals surface area contributed by atoms with Crippen molar-refractivity contribution in [3.63, 3.8) is 0 Å². The van der Waals surface area contributed by atoms with E-state index in [0.29, 0.717) is 0 Å². The third kappa shape index (κ3) is 17.7. The Kier molecular flexibility index (Phi) is 12.2. The maximum absolute atomic E-state index is 9.33. The van der Waals surface area contributed by atoms with E-state index >= 15 is 0 Å². The first-order valence-electron chi connectivity index (χ1n) is 1.15. The predicted molar refractivity (Wildman–Crippen MR) is 31.7 cm³/mol. The second-order valence-corrected chi connectivity index (χ2v) is 1.67. The summed E-state index contributed by atoms with van der Waals surface area (Å²) in [5.74, 6) is 0. The van der Waals surface area contributed by atoms with Gasteiger partial charge in [-0.15, -0.1) is 0 Å². The predicted octanol–water partition coefficient (Wildman–Crippen LogP) is -1.03. The number of carbonyl (C=O) groups excluding carboxylic acids is 1. The van der Waals surface area contributed by atoms with Crippen LogP contribution in [0.2, 0.25) is 0 Å². The Hall–Kier alpha value is 0.600. The Labute approximate surface area is 85.1 Å². The van der Waals surface area contributed by atoms with Crippen LogP contribution in [-0.4, -0.2) is 57.2 Å². The minimum atomic E-state index is -4.54. The molecule has 0 rings (SSSR count). The summed E-state index contributed by atoms with van der Waals surface area (Å²) in [7, 11) is -4.54. The normalized spacial score (nSPS) is 8.11. The van der Waals surface area contributed by atoms with E-state index in [1.165, 1.54) is 0 Å². The molecule has 54 valence electrons. The molecule has 0 aromatic rings. The maximum Gasteiger partial charge on any atom is 2.00 e. The molecule has 0 aromatic heterocycles. The SMILES string of the molecule is N.O=COS(=O)(=O)O.[Ca+2].[H-].[H-]. The molecule has 4 N–H and O–H groups in total. The van der Waals surface area contributed by atoms with Crippen LogP contribution in [0.3, 0.4) is 0 Å². The molecule has 0 amide bonds. The fourth-order valence-corrected chi connectivity index (χ4v) is 0.149. The Balaban J connectivity index is -0.0000000300. The molecule has 0 bridgehead atoms. The molecule has 0 aliphatic heterocycles. The average molecular weight is 185 g/mol. The molecule has 6 nitrogen and oxygen atoms in total. The smallest absolute Gasteiger partial charge is 1.00 e. The summed E-state index contributed by atoms with van der Waals surface area (Å²) >= 11 is 0. The van der Waals surface area contributed by atoms with Crippen molar-refractivity contribution in [2.45, 2.75) is 0 Å². The number of hydrogen-bond donors (Lipinski definition) is 2. The van der Waals surface area contributed by atoms with Crippen LogP contribution in [0, 0.1) is 0 Å². The van der Waals surface area contributed by atoms with Crippen molar-refractivity contribution in [2.75, 3.05) is 0 Å². The van der Waals surface area contributed by atoms with Crippen LogP contribution in [0.5, 0.6) is 0 Å². The fraction of sp³-hybridized carbons (Fsp3) is 0. The molecule has 9 heavy (non-hydrogen) atoms. The molecule has 0 atom stereocenters. The average Bonchev–Trinajstić information content (AvgIpc) is 1.30. The van der Waals surface area contributed by atoms with E-state index in [0.717, 1.165) is 0 Å². The quantitative estimate of drug-likeness (QED) is 0.323. The largest absolute Gasteiger partial charge is 2.00 e. The molecule has 0 saturated carbocycles. The van der Waals surface area contributed by atoms with Gasteiger partial charge in [0.1, 0.15) is 0 Å². The third-order valence-electron chi connectivity index (χ3n) is 0.161. The van der Waals surface area contributed by atoms with Gasteiger partial charge in [0, 0.05) is 0 Å². The van der Waals surface area contributed by atoms with E-state index in [2.05, 4.69) is 4.18 Å².